The first-order chi connectivity index (χ1) is 11.6. The fourth-order valence-corrected chi connectivity index (χ4v) is 3.99. The number of aromatic amines is 2. The zero-order chi connectivity index (χ0) is 16.7. The first-order valence-electron chi connectivity index (χ1n) is 8.13. The van der Waals surface area contributed by atoms with Crippen molar-refractivity contribution >= 4 is 11.3 Å². The van der Waals surface area contributed by atoms with E-state index in [9.17, 15) is 4.79 Å². The fraction of sp³-hybridized carbons (Fsp3) is 0.333. The Labute approximate surface area is 144 Å². The molecule has 0 spiro atoms. The molecule has 3 aromatic rings. The maximum Gasteiger partial charge on any atom is 0.255 e. The van der Waals surface area contributed by atoms with E-state index in [0.29, 0.717) is 12.4 Å². The van der Waals surface area contributed by atoms with Crippen molar-refractivity contribution in [3.8, 4) is 10.7 Å². The first-order valence-corrected chi connectivity index (χ1v) is 9.01. The lowest BCUT2D eigenvalue weighted by atomic mass is 10.1. The van der Waals surface area contributed by atoms with E-state index >= 15 is 0 Å². The van der Waals surface area contributed by atoms with Gasteiger partial charge in [-0.15, -0.1) is 11.3 Å². The summed E-state index contributed by atoms with van der Waals surface area (Å²) in [7, 11) is 0. The van der Waals surface area contributed by atoms with E-state index in [1.807, 2.05) is 17.5 Å². The van der Waals surface area contributed by atoms with Gasteiger partial charge in [0, 0.05) is 37.4 Å². The highest BCUT2D eigenvalue weighted by Gasteiger charge is 2.22. The number of rotatable bonds is 3. The molecule has 0 aromatic carbocycles. The summed E-state index contributed by atoms with van der Waals surface area (Å²) in [6, 6.07) is 6.12. The van der Waals surface area contributed by atoms with Gasteiger partial charge >= 0.3 is 0 Å². The molecule has 0 radical (unpaired) electrons. The van der Waals surface area contributed by atoms with Crippen molar-refractivity contribution in [3.05, 3.63) is 62.1 Å². The van der Waals surface area contributed by atoms with Gasteiger partial charge in [-0.1, -0.05) is 6.07 Å². The van der Waals surface area contributed by atoms with Gasteiger partial charge < -0.3 is 9.97 Å². The minimum Gasteiger partial charge on any atom is -0.361 e. The minimum atomic E-state index is -0.00696. The van der Waals surface area contributed by atoms with E-state index in [1.54, 1.807) is 11.3 Å². The van der Waals surface area contributed by atoms with Gasteiger partial charge in [0.1, 0.15) is 0 Å². The lowest BCUT2D eigenvalue weighted by molar-refractivity contribution is 0.239. The predicted octanol–water partition coefficient (Wildman–Crippen LogP) is 3.00. The Bertz CT molecular complexity index is 923. The number of nitrogens with zero attached hydrogens (tertiary/aromatic N) is 2. The summed E-state index contributed by atoms with van der Waals surface area (Å²) in [5.41, 5.74) is 5.43. The molecule has 0 fully saturated rings. The van der Waals surface area contributed by atoms with E-state index < -0.39 is 0 Å². The number of H-pyrrole nitrogens is 2. The molecule has 4 rings (SSSR count). The molecule has 1 aliphatic rings. The van der Waals surface area contributed by atoms with Crippen LogP contribution in [0.1, 0.15) is 28.2 Å². The summed E-state index contributed by atoms with van der Waals surface area (Å²) in [4.78, 5) is 26.9. The highest BCUT2D eigenvalue weighted by atomic mass is 32.1. The van der Waals surface area contributed by atoms with Crippen molar-refractivity contribution in [1.82, 2.24) is 19.9 Å². The van der Waals surface area contributed by atoms with Crippen molar-refractivity contribution in [2.24, 2.45) is 0 Å². The lowest BCUT2D eigenvalue weighted by Crippen LogP contribution is -2.35. The Kier molecular flexibility index (Phi) is 3.86. The number of thiophene rings is 1. The minimum absolute atomic E-state index is 0.00696. The van der Waals surface area contributed by atoms with Crippen LogP contribution < -0.4 is 5.56 Å². The second kappa shape index (κ2) is 6.03. The number of aryl methyl sites for hydroxylation is 2. The molecule has 0 unspecified atom stereocenters. The number of nitrogens with one attached hydrogen (secondary N) is 2. The molecule has 0 saturated carbocycles. The van der Waals surface area contributed by atoms with Gasteiger partial charge in [-0.05, 0) is 36.9 Å². The fourth-order valence-electron chi connectivity index (χ4n) is 3.32. The topological polar surface area (TPSA) is 64.8 Å². The maximum absolute atomic E-state index is 12.5. The van der Waals surface area contributed by atoms with Crippen LogP contribution in [0.2, 0.25) is 0 Å². The SMILES string of the molecule is Cc1cc(C)c(CN2CCc3nc(-c4cccs4)[nH]c(=O)c3C2)[nH]1. The number of hydrogen-bond acceptors (Lipinski definition) is 4. The van der Waals surface area contributed by atoms with Crippen LogP contribution in [0.4, 0.5) is 0 Å². The number of aromatic nitrogens is 3. The van der Waals surface area contributed by atoms with E-state index in [1.165, 1.54) is 17.0 Å². The summed E-state index contributed by atoms with van der Waals surface area (Å²) >= 11 is 1.59. The zero-order valence-electron chi connectivity index (χ0n) is 13.8. The molecule has 4 heterocycles. The highest BCUT2D eigenvalue weighted by molar-refractivity contribution is 7.13. The second-order valence-electron chi connectivity index (χ2n) is 6.39. The summed E-state index contributed by atoms with van der Waals surface area (Å²) in [6.45, 7) is 6.61. The molecular formula is C18H20N4OS. The zero-order valence-corrected chi connectivity index (χ0v) is 14.7. The molecule has 0 aliphatic carbocycles. The third-order valence-electron chi connectivity index (χ3n) is 4.54. The maximum atomic E-state index is 12.5. The van der Waals surface area contributed by atoms with Crippen molar-refractivity contribution in [2.75, 3.05) is 6.54 Å². The summed E-state index contributed by atoms with van der Waals surface area (Å²) < 4.78 is 0. The van der Waals surface area contributed by atoms with Crippen LogP contribution in [0.3, 0.4) is 0 Å². The third-order valence-corrected chi connectivity index (χ3v) is 5.42. The van der Waals surface area contributed by atoms with Gasteiger partial charge in [0.2, 0.25) is 0 Å². The Morgan fingerprint density at radius 2 is 2.21 bits per heavy atom. The lowest BCUT2D eigenvalue weighted by Gasteiger charge is -2.27. The Hall–Kier alpha value is -2.18. The molecule has 1 aliphatic heterocycles. The smallest absolute Gasteiger partial charge is 0.255 e. The van der Waals surface area contributed by atoms with Crippen molar-refractivity contribution in [1.29, 1.82) is 0 Å². The number of hydrogen-bond donors (Lipinski definition) is 2. The summed E-state index contributed by atoms with van der Waals surface area (Å²) in [5.74, 6) is 0.693. The van der Waals surface area contributed by atoms with E-state index in [0.717, 1.165) is 35.6 Å². The first kappa shape index (κ1) is 15.4. The van der Waals surface area contributed by atoms with Crippen LogP contribution in [0, 0.1) is 13.8 Å². The van der Waals surface area contributed by atoms with Gasteiger partial charge in [0.05, 0.1) is 16.1 Å². The Morgan fingerprint density at radius 1 is 1.33 bits per heavy atom. The van der Waals surface area contributed by atoms with Gasteiger partial charge in [-0.2, -0.15) is 0 Å². The van der Waals surface area contributed by atoms with Gasteiger partial charge in [0.15, 0.2) is 5.82 Å². The van der Waals surface area contributed by atoms with Crippen LogP contribution in [0.25, 0.3) is 10.7 Å². The molecule has 0 atom stereocenters. The standard InChI is InChI=1S/C18H20N4OS/c1-11-8-12(2)19-15(11)10-22-6-5-14-13(9-22)18(23)21-17(20-14)16-4-3-7-24-16/h3-4,7-8,19H,5-6,9-10H2,1-2H3,(H,20,21,23). The van der Waals surface area contributed by atoms with Crippen LogP contribution in [-0.4, -0.2) is 26.4 Å². The molecule has 2 N–H and O–H groups in total. The summed E-state index contributed by atoms with van der Waals surface area (Å²) in [6.07, 6.45) is 0.816. The van der Waals surface area contributed by atoms with Crippen LogP contribution in [-0.2, 0) is 19.5 Å². The molecule has 124 valence electrons. The average molecular weight is 340 g/mol. The molecule has 0 bridgehead atoms. The molecule has 6 heteroatoms. The van der Waals surface area contributed by atoms with Gasteiger partial charge in [0.25, 0.3) is 5.56 Å². The van der Waals surface area contributed by atoms with E-state index in [-0.39, 0.29) is 5.56 Å². The largest absolute Gasteiger partial charge is 0.361 e. The van der Waals surface area contributed by atoms with Gasteiger partial charge in [-0.3, -0.25) is 9.69 Å². The van der Waals surface area contributed by atoms with Gasteiger partial charge in [-0.25, -0.2) is 4.98 Å². The summed E-state index contributed by atoms with van der Waals surface area (Å²) in [5, 5.41) is 2.00. The van der Waals surface area contributed by atoms with Crippen molar-refractivity contribution in [3.63, 3.8) is 0 Å². The molecule has 3 aromatic heterocycles. The molecular weight excluding hydrogens is 320 g/mol. The highest BCUT2D eigenvalue weighted by Crippen LogP contribution is 2.23. The second-order valence-corrected chi connectivity index (χ2v) is 7.34. The number of fused-ring (bicyclic) bond motifs is 1. The van der Waals surface area contributed by atoms with Crippen molar-refractivity contribution in [2.45, 2.75) is 33.4 Å². The van der Waals surface area contributed by atoms with Crippen LogP contribution >= 0.6 is 11.3 Å². The Morgan fingerprint density at radius 3 is 2.92 bits per heavy atom. The molecule has 0 saturated heterocycles. The quantitative estimate of drug-likeness (QED) is 0.770. The third kappa shape index (κ3) is 2.83. The molecule has 24 heavy (non-hydrogen) atoms. The normalized spacial score (nSPS) is 14.8. The predicted molar refractivity (Wildman–Crippen MR) is 96.3 cm³/mol. The van der Waals surface area contributed by atoms with Crippen LogP contribution in [0.5, 0.6) is 0 Å². The molecule has 5 nitrogen and oxygen atoms in total. The molecule has 0 amide bonds. The van der Waals surface area contributed by atoms with Crippen LogP contribution in [0.15, 0.2) is 28.4 Å². The monoisotopic (exact) mass is 340 g/mol. The van der Waals surface area contributed by atoms with E-state index in [2.05, 4.69) is 34.8 Å². The Balaban J connectivity index is 1.59. The van der Waals surface area contributed by atoms with Crippen molar-refractivity contribution < 1.29 is 0 Å². The van der Waals surface area contributed by atoms with E-state index in [4.69, 9.17) is 4.98 Å². The average Bonchev–Trinajstić information content (AvgIpc) is 3.18.